The summed E-state index contributed by atoms with van der Waals surface area (Å²) in [6, 6.07) is 2.44. The van der Waals surface area contributed by atoms with E-state index in [4.69, 9.17) is 5.73 Å². The minimum Gasteiger partial charge on any atom is -0.356 e. The molecule has 2 heterocycles. The molecule has 0 spiro atoms. The van der Waals surface area contributed by atoms with Crippen LogP contribution in [0.4, 0.5) is 5.82 Å². The smallest absolute Gasteiger partial charge is 0.131 e. The molecule has 1 aliphatic rings. The Morgan fingerprint density at radius 1 is 1.42 bits per heavy atom. The molecule has 0 aliphatic carbocycles. The Hall–Kier alpha value is -1.09. The monoisotopic (exact) mass is 261 g/mol. The summed E-state index contributed by atoms with van der Waals surface area (Å²) >= 11 is 0. The Bertz CT molecular complexity index is 426. The van der Waals surface area contributed by atoms with Gasteiger partial charge in [-0.25, -0.2) is 4.98 Å². The Kier molecular flexibility index (Phi) is 4.46. The van der Waals surface area contributed by atoms with Crippen LogP contribution in [0.25, 0.3) is 0 Å². The number of nitrogens with two attached hydrogens (primary N) is 1. The quantitative estimate of drug-likeness (QED) is 0.906. The van der Waals surface area contributed by atoms with E-state index < -0.39 is 0 Å². The van der Waals surface area contributed by atoms with E-state index in [1.165, 1.54) is 17.5 Å². The van der Waals surface area contributed by atoms with E-state index in [1.54, 1.807) is 0 Å². The molecule has 19 heavy (non-hydrogen) atoms. The lowest BCUT2D eigenvalue weighted by molar-refractivity contribution is 0.422. The summed E-state index contributed by atoms with van der Waals surface area (Å²) in [6.45, 7) is 11.1. The highest BCUT2D eigenvalue weighted by molar-refractivity contribution is 5.48. The van der Waals surface area contributed by atoms with Gasteiger partial charge in [-0.05, 0) is 49.7 Å². The average molecular weight is 261 g/mol. The first kappa shape index (κ1) is 14.3. The zero-order chi connectivity index (χ0) is 14.0. The molecular formula is C16H27N3. The zero-order valence-corrected chi connectivity index (χ0v) is 12.7. The van der Waals surface area contributed by atoms with Crippen LogP contribution in [0.2, 0.25) is 0 Å². The van der Waals surface area contributed by atoms with Crippen molar-refractivity contribution >= 4 is 5.82 Å². The van der Waals surface area contributed by atoms with Gasteiger partial charge < -0.3 is 10.6 Å². The molecule has 1 aromatic heterocycles. The molecule has 1 saturated heterocycles. The molecule has 0 saturated carbocycles. The molecular weight excluding hydrogens is 234 g/mol. The molecule has 0 radical (unpaired) electrons. The summed E-state index contributed by atoms with van der Waals surface area (Å²) in [5, 5.41) is 0. The van der Waals surface area contributed by atoms with Crippen LogP contribution in [0.3, 0.4) is 0 Å². The van der Waals surface area contributed by atoms with E-state index in [0.29, 0.717) is 0 Å². The van der Waals surface area contributed by atoms with Gasteiger partial charge in [0.1, 0.15) is 5.82 Å². The maximum absolute atomic E-state index is 5.85. The molecule has 1 aliphatic heterocycles. The second-order valence-electron chi connectivity index (χ2n) is 6.40. The van der Waals surface area contributed by atoms with Gasteiger partial charge in [-0.3, -0.25) is 0 Å². The second kappa shape index (κ2) is 5.91. The molecule has 3 nitrogen and oxygen atoms in total. The van der Waals surface area contributed by atoms with Crippen LogP contribution >= 0.6 is 0 Å². The summed E-state index contributed by atoms with van der Waals surface area (Å²) in [7, 11) is 0. The number of aromatic nitrogens is 1. The number of hydrogen-bond acceptors (Lipinski definition) is 3. The topological polar surface area (TPSA) is 42.1 Å². The van der Waals surface area contributed by atoms with Gasteiger partial charge in [0.2, 0.25) is 0 Å². The second-order valence-corrected chi connectivity index (χ2v) is 6.40. The molecule has 106 valence electrons. The van der Waals surface area contributed by atoms with Crippen LogP contribution in [-0.2, 0) is 6.42 Å². The van der Waals surface area contributed by atoms with Gasteiger partial charge in [0.15, 0.2) is 0 Å². The Balaban J connectivity index is 2.09. The van der Waals surface area contributed by atoms with E-state index in [1.807, 2.05) is 13.1 Å². The third-order valence-corrected chi connectivity index (χ3v) is 4.13. The molecule has 1 aromatic rings. The summed E-state index contributed by atoms with van der Waals surface area (Å²) in [5.74, 6) is 2.74. The van der Waals surface area contributed by atoms with E-state index in [2.05, 4.69) is 36.7 Å². The van der Waals surface area contributed by atoms with E-state index in [-0.39, 0.29) is 6.04 Å². The minimum absolute atomic E-state index is 0.198. The van der Waals surface area contributed by atoms with Crippen LogP contribution in [-0.4, -0.2) is 24.1 Å². The normalized spacial score (nSPS) is 21.2. The van der Waals surface area contributed by atoms with Crippen LogP contribution in [0.1, 0.15) is 38.3 Å². The highest BCUT2D eigenvalue weighted by atomic mass is 15.2. The molecule has 2 unspecified atom stereocenters. The van der Waals surface area contributed by atoms with Crippen LogP contribution in [0.15, 0.2) is 12.3 Å². The van der Waals surface area contributed by atoms with Crippen molar-refractivity contribution in [1.82, 2.24) is 4.98 Å². The van der Waals surface area contributed by atoms with Crippen molar-refractivity contribution in [2.45, 2.75) is 46.6 Å². The molecule has 0 amide bonds. The lowest BCUT2D eigenvalue weighted by Gasteiger charge is -2.21. The molecule has 0 bridgehead atoms. The van der Waals surface area contributed by atoms with Crippen LogP contribution in [0, 0.1) is 18.8 Å². The number of rotatable bonds is 4. The number of anilines is 1. The number of pyridine rings is 1. The molecule has 2 rings (SSSR count). The number of hydrogen-bond donors (Lipinski definition) is 1. The minimum atomic E-state index is 0.198. The first-order valence-electron chi connectivity index (χ1n) is 7.43. The molecule has 2 atom stereocenters. The molecule has 0 aromatic carbocycles. The fourth-order valence-electron chi connectivity index (χ4n) is 2.96. The summed E-state index contributed by atoms with van der Waals surface area (Å²) < 4.78 is 0. The Morgan fingerprint density at radius 2 is 2.16 bits per heavy atom. The third kappa shape index (κ3) is 3.47. The van der Waals surface area contributed by atoms with Crippen LogP contribution < -0.4 is 10.6 Å². The average Bonchev–Trinajstić information content (AvgIpc) is 2.77. The SMILES string of the molecule is Cc1cc(CC(C)N)cnc1N1CCC(C(C)C)C1. The van der Waals surface area contributed by atoms with Crippen molar-refractivity contribution in [3.05, 3.63) is 23.4 Å². The number of nitrogens with zero attached hydrogens (tertiary/aromatic N) is 2. The van der Waals surface area contributed by atoms with Gasteiger partial charge >= 0.3 is 0 Å². The van der Waals surface area contributed by atoms with Gasteiger partial charge in [-0.2, -0.15) is 0 Å². The first-order valence-corrected chi connectivity index (χ1v) is 7.43. The van der Waals surface area contributed by atoms with Crippen molar-refractivity contribution in [3.8, 4) is 0 Å². The zero-order valence-electron chi connectivity index (χ0n) is 12.7. The van der Waals surface area contributed by atoms with Gasteiger partial charge in [0.25, 0.3) is 0 Å². The van der Waals surface area contributed by atoms with Gasteiger partial charge in [-0.1, -0.05) is 19.9 Å². The molecule has 1 fully saturated rings. The van der Waals surface area contributed by atoms with Crippen LogP contribution in [0.5, 0.6) is 0 Å². The Morgan fingerprint density at radius 3 is 2.68 bits per heavy atom. The summed E-state index contributed by atoms with van der Waals surface area (Å²) in [4.78, 5) is 7.12. The van der Waals surface area contributed by atoms with E-state index >= 15 is 0 Å². The summed E-state index contributed by atoms with van der Waals surface area (Å²) in [5.41, 5.74) is 8.37. The standard InChI is InChI=1S/C16H27N3/c1-11(2)15-5-6-19(10-15)16-12(3)7-14(9-18-16)8-13(4)17/h7,9,11,13,15H,5-6,8,10,17H2,1-4H3. The predicted octanol–water partition coefficient (Wildman–Crippen LogP) is 2.76. The highest BCUT2D eigenvalue weighted by Gasteiger charge is 2.26. The van der Waals surface area contributed by atoms with E-state index in [0.717, 1.165) is 37.2 Å². The fraction of sp³-hybridized carbons (Fsp3) is 0.688. The largest absolute Gasteiger partial charge is 0.356 e. The first-order chi connectivity index (χ1) is 8.97. The maximum atomic E-state index is 5.85. The van der Waals surface area contributed by atoms with Gasteiger partial charge in [-0.15, -0.1) is 0 Å². The van der Waals surface area contributed by atoms with Crippen molar-refractivity contribution in [1.29, 1.82) is 0 Å². The summed E-state index contributed by atoms with van der Waals surface area (Å²) in [6.07, 6.45) is 4.19. The molecule has 2 N–H and O–H groups in total. The highest BCUT2D eigenvalue weighted by Crippen LogP contribution is 2.29. The lowest BCUT2D eigenvalue weighted by Crippen LogP contribution is -2.23. The third-order valence-electron chi connectivity index (χ3n) is 4.13. The van der Waals surface area contributed by atoms with Crippen molar-refractivity contribution < 1.29 is 0 Å². The Labute approximate surface area is 117 Å². The van der Waals surface area contributed by atoms with E-state index in [9.17, 15) is 0 Å². The van der Waals surface area contributed by atoms with Gasteiger partial charge in [0.05, 0.1) is 0 Å². The van der Waals surface area contributed by atoms with Gasteiger partial charge in [0, 0.05) is 25.3 Å². The number of aryl methyl sites for hydroxylation is 1. The predicted molar refractivity (Wildman–Crippen MR) is 81.5 cm³/mol. The lowest BCUT2D eigenvalue weighted by atomic mass is 9.95. The fourth-order valence-corrected chi connectivity index (χ4v) is 2.96. The van der Waals surface area contributed by atoms with Crippen molar-refractivity contribution in [2.24, 2.45) is 17.6 Å². The molecule has 3 heteroatoms. The maximum Gasteiger partial charge on any atom is 0.131 e. The van der Waals surface area contributed by atoms with Crippen molar-refractivity contribution in [2.75, 3.05) is 18.0 Å². The van der Waals surface area contributed by atoms with Crippen molar-refractivity contribution in [3.63, 3.8) is 0 Å².